The van der Waals surface area contributed by atoms with Crippen molar-refractivity contribution in [2.45, 2.75) is 0 Å². The molecule has 3 heteroatoms. The summed E-state index contributed by atoms with van der Waals surface area (Å²) in [6.45, 7) is 0. The van der Waals surface area contributed by atoms with E-state index in [1.165, 1.54) is 43.8 Å². The Kier molecular flexibility index (Phi) is 6.81. The van der Waals surface area contributed by atoms with Crippen LogP contribution in [0, 0.1) is 0 Å². The van der Waals surface area contributed by atoms with Gasteiger partial charge in [0, 0.05) is 21.7 Å². The lowest BCUT2D eigenvalue weighted by molar-refractivity contribution is 1.01. The van der Waals surface area contributed by atoms with Gasteiger partial charge in [-0.1, -0.05) is 158 Å². The summed E-state index contributed by atoms with van der Waals surface area (Å²) in [5.41, 5.74) is 12.1. The third-order valence-electron chi connectivity index (χ3n) is 10.0. The number of benzene rings is 8. The van der Waals surface area contributed by atoms with Crippen molar-refractivity contribution in [3.8, 4) is 50.6 Å². The van der Waals surface area contributed by atoms with Gasteiger partial charge in [0.1, 0.15) is 0 Å². The number of fused-ring (bicyclic) bond motifs is 5. The zero-order valence-corrected chi connectivity index (χ0v) is 27.7. The minimum Gasteiger partial charge on any atom is -0.278 e. The average Bonchev–Trinajstić information content (AvgIpc) is 3.53. The Hall–Kier alpha value is -6.84. The van der Waals surface area contributed by atoms with Gasteiger partial charge in [0.2, 0.25) is 5.95 Å². The first kappa shape index (κ1) is 29.1. The third kappa shape index (κ3) is 5.06. The first-order valence-electron chi connectivity index (χ1n) is 17.3. The second kappa shape index (κ2) is 11.9. The first-order valence-corrected chi connectivity index (χ1v) is 17.3. The summed E-state index contributed by atoms with van der Waals surface area (Å²) in [5.74, 6) is 0.658. The molecule has 0 aliphatic rings. The summed E-state index contributed by atoms with van der Waals surface area (Å²) in [7, 11) is 0. The molecule has 0 radical (unpaired) electrons. The molecule has 0 atom stereocenters. The van der Waals surface area contributed by atoms with E-state index in [1.54, 1.807) is 0 Å². The SMILES string of the molecule is c1ccc(-c2ccc(-c3ccc4nc(-n5c6ccccc6c6cc7ccccc7cc65)nc(-c5ccc(-c6ccccc6)cc5)c4c3)cc2)cc1. The third-order valence-corrected chi connectivity index (χ3v) is 10.0. The van der Waals surface area contributed by atoms with E-state index in [1.807, 2.05) is 0 Å². The lowest BCUT2D eigenvalue weighted by atomic mass is 9.97. The van der Waals surface area contributed by atoms with Gasteiger partial charge >= 0.3 is 0 Å². The molecule has 0 aliphatic carbocycles. The van der Waals surface area contributed by atoms with Crippen LogP contribution in [0.2, 0.25) is 0 Å². The molecule has 0 saturated heterocycles. The fourth-order valence-corrected chi connectivity index (χ4v) is 7.42. The van der Waals surface area contributed by atoms with E-state index in [2.05, 4.69) is 193 Å². The molecule has 2 heterocycles. The molecule has 0 spiro atoms. The lowest BCUT2D eigenvalue weighted by Crippen LogP contribution is -2.03. The summed E-state index contributed by atoms with van der Waals surface area (Å²) in [4.78, 5) is 10.7. The molecule has 0 amide bonds. The first-order chi connectivity index (χ1) is 25.3. The molecule has 0 N–H and O–H groups in total. The highest BCUT2D eigenvalue weighted by atomic mass is 15.2. The van der Waals surface area contributed by atoms with Crippen molar-refractivity contribution in [1.82, 2.24) is 14.5 Å². The fraction of sp³-hybridized carbons (Fsp3) is 0. The number of para-hydroxylation sites is 1. The van der Waals surface area contributed by atoms with E-state index in [0.717, 1.165) is 44.3 Å². The smallest absolute Gasteiger partial charge is 0.235 e. The molecular weight excluding hydrogens is 619 g/mol. The van der Waals surface area contributed by atoms with E-state index in [-0.39, 0.29) is 0 Å². The molecule has 51 heavy (non-hydrogen) atoms. The Morgan fingerprint density at radius 1 is 0.314 bits per heavy atom. The van der Waals surface area contributed by atoms with Crippen LogP contribution < -0.4 is 0 Å². The van der Waals surface area contributed by atoms with E-state index in [0.29, 0.717) is 5.95 Å². The summed E-state index contributed by atoms with van der Waals surface area (Å²) in [5, 5.41) is 5.80. The maximum Gasteiger partial charge on any atom is 0.235 e. The van der Waals surface area contributed by atoms with Crippen LogP contribution in [0.15, 0.2) is 188 Å². The largest absolute Gasteiger partial charge is 0.278 e. The highest BCUT2D eigenvalue weighted by molar-refractivity contribution is 6.13. The molecule has 0 saturated carbocycles. The number of rotatable bonds is 5. The Balaban J connectivity index is 1.18. The minimum atomic E-state index is 0.658. The summed E-state index contributed by atoms with van der Waals surface area (Å²) in [6.07, 6.45) is 0. The van der Waals surface area contributed by atoms with Crippen molar-refractivity contribution in [2.75, 3.05) is 0 Å². The zero-order valence-electron chi connectivity index (χ0n) is 27.7. The second-order valence-electron chi connectivity index (χ2n) is 13.1. The maximum absolute atomic E-state index is 5.44. The Morgan fingerprint density at radius 3 is 1.49 bits per heavy atom. The predicted molar refractivity (Wildman–Crippen MR) is 213 cm³/mol. The van der Waals surface area contributed by atoms with Gasteiger partial charge in [0.25, 0.3) is 0 Å². The van der Waals surface area contributed by atoms with Crippen LogP contribution in [-0.2, 0) is 0 Å². The second-order valence-corrected chi connectivity index (χ2v) is 13.1. The topological polar surface area (TPSA) is 30.7 Å². The molecule has 2 aromatic heterocycles. The molecule has 238 valence electrons. The van der Waals surface area contributed by atoms with Gasteiger partial charge in [-0.15, -0.1) is 0 Å². The molecule has 3 nitrogen and oxygen atoms in total. The van der Waals surface area contributed by atoms with Crippen molar-refractivity contribution in [3.63, 3.8) is 0 Å². The van der Waals surface area contributed by atoms with Crippen LogP contribution in [0.1, 0.15) is 0 Å². The summed E-state index contributed by atoms with van der Waals surface area (Å²) >= 11 is 0. The molecule has 0 bridgehead atoms. The molecule has 0 unspecified atom stereocenters. The van der Waals surface area contributed by atoms with Crippen LogP contribution in [0.25, 0.3) is 94.1 Å². The van der Waals surface area contributed by atoms with E-state index in [4.69, 9.17) is 9.97 Å². The minimum absolute atomic E-state index is 0.658. The van der Waals surface area contributed by atoms with Crippen molar-refractivity contribution in [1.29, 1.82) is 0 Å². The number of hydrogen-bond acceptors (Lipinski definition) is 2. The number of aromatic nitrogens is 3. The predicted octanol–water partition coefficient (Wildman–Crippen LogP) is 12.5. The van der Waals surface area contributed by atoms with E-state index < -0.39 is 0 Å². The van der Waals surface area contributed by atoms with Crippen molar-refractivity contribution in [2.24, 2.45) is 0 Å². The van der Waals surface area contributed by atoms with Gasteiger partial charge in [0.15, 0.2) is 0 Å². The lowest BCUT2D eigenvalue weighted by Gasteiger charge is -2.14. The highest BCUT2D eigenvalue weighted by Gasteiger charge is 2.18. The maximum atomic E-state index is 5.44. The van der Waals surface area contributed by atoms with Crippen molar-refractivity contribution in [3.05, 3.63) is 188 Å². The standard InChI is InChI=1S/C48H31N3/c1-3-11-32(12-4-1)34-19-21-36(22-20-34)40-27-28-44-43(30-40)47(37-25-23-35(24-26-37)33-13-5-2-6-14-33)50-48(49-44)51-45-18-10-9-17-41(45)42-29-38-15-7-8-16-39(38)31-46(42)51/h1-31H. The summed E-state index contributed by atoms with van der Waals surface area (Å²) in [6, 6.07) is 66.8. The molecule has 10 aromatic rings. The molecule has 0 fully saturated rings. The Morgan fingerprint density at radius 2 is 0.824 bits per heavy atom. The molecule has 10 rings (SSSR count). The Labute approximate surface area is 295 Å². The highest BCUT2D eigenvalue weighted by Crippen LogP contribution is 2.37. The van der Waals surface area contributed by atoms with Gasteiger partial charge < -0.3 is 0 Å². The monoisotopic (exact) mass is 649 g/mol. The molecular formula is C48H31N3. The normalized spacial score (nSPS) is 11.5. The van der Waals surface area contributed by atoms with Gasteiger partial charge in [-0.3, -0.25) is 4.57 Å². The van der Waals surface area contributed by atoms with Crippen molar-refractivity contribution < 1.29 is 0 Å². The van der Waals surface area contributed by atoms with Crippen LogP contribution in [-0.4, -0.2) is 14.5 Å². The van der Waals surface area contributed by atoms with Crippen LogP contribution >= 0.6 is 0 Å². The fourth-order valence-electron chi connectivity index (χ4n) is 7.42. The van der Waals surface area contributed by atoms with Crippen LogP contribution in [0.5, 0.6) is 0 Å². The molecule has 8 aromatic carbocycles. The summed E-state index contributed by atoms with van der Waals surface area (Å²) < 4.78 is 2.23. The zero-order chi connectivity index (χ0) is 33.7. The number of hydrogen-bond donors (Lipinski definition) is 0. The number of nitrogens with zero attached hydrogens (tertiary/aromatic N) is 3. The van der Waals surface area contributed by atoms with Gasteiger partial charge in [-0.2, -0.15) is 0 Å². The van der Waals surface area contributed by atoms with Gasteiger partial charge in [-0.25, -0.2) is 9.97 Å². The Bertz CT molecular complexity index is 2870. The van der Waals surface area contributed by atoms with Crippen LogP contribution in [0.4, 0.5) is 0 Å². The molecule has 0 aliphatic heterocycles. The van der Waals surface area contributed by atoms with E-state index in [9.17, 15) is 0 Å². The average molecular weight is 650 g/mol. The van der Waals surface area contributed by atoms with Crippen molar-refractivity contribution >= 4 is 43.5 Å². The quantitative estimate of drug-likeness (QED) is 0.186. The van der Waals surface area contributed by atoms with Gasteiger partial charge in [0.05, 0.1) is 22.2 Å². The van der Waals surface area contributed by atoms with Gasteiger partial charge in [-0.05, 0) is 74.5 Å². The van der Waals surface area contributed by atoms with Crippen LogP contribution in [0.3, 0.4) is 0 Å². The van der Waals surface area contributed by atoms with E-state index >= 15 is 0 Å².